The number of anilines is 1. The fourth-order valence-electron chi connectivity index (χ4n) is 1.30. The maximum atomic E-state index is 11.5. The summed E-state index contributed by atoms with van der Waals surface area (Å²) in [6.45, 7) is 5.65. The standard InChI is InChI=1S/C14H19NO4/c1-4-18-12-7-5-11(6-8-12)15-13(16)9-19-14(17)10(2)3/h5-8,10H,4,9H2,1-3H3,(H,15,16). The Morgan fingerprint density at radius 3 is 2.37 bits per heavy atom. The van der Waals surface area contributed by atoms with Gasteiger partial charge in [0.25, 0.3) is 5.91 Å². The van der Waals surface area contributed by atoms with Crippen molar-refractivity contribution >= 4 is 17.6 Å². The van der Waals surface area contributed by atoms with Crippen molar-refractivity contribution in [2.45, 2.75) is 20.8 Å². The molecule has 0 saturated heterocycles. The molecule has 1 aromatic carbocycles. The minimum absolute atomic E-state index is 0.238. The number of hydrogen-bond acceptors (Lipinski definition) is 4. The topological polar surface area (TPSA) is 64.6 Å². The van der Waals surface area contributed by atoms with Gasteiger partial charge in [0, 0.05) is 5.69 Å². The zero-order chi connectivity index (χ0) is 14.3. The average molecular weight is 265 g/mol. The van der Waals surface area contributed by atoms with Gasteiger partial charge in [0.2, 0.25) is 0 Å². The van der Waals surface area contributed by atoms with E-state index in [1.807, 2.05) is 6.92 Å². The molecule has 0 aliphatic rings. The maximum Gasteiger partial charge on any atom is 0.308 e. The zero-order valence-corrected chi connectivity index (χ0v) is 11.4. The molecule has 1 amide bonds. The van der Waals surface area contributed by atoms with E-state index in [2.05, 4.69) is 5.32 Å². The Kier molecular flexibility index (Phi) is 5.85. The van der Waals surface area contributed by atoms with Crippen LogP contribution in [0.4, 0.5) is 5.69 Å². The number of esters is 1. The minimum Gasteiger partial charge on any atom is -0.494 e. The van der Waals surface area contributed by atoms with Gasteiger partial charge in [-0.25, -0.2) is 0 Å². The third-order valence-corrected chi connectivity index (χ3v) is 2.27. The maximum absolute atomic E-state index is 11.5. The summed E-state index contributed by atoms with van der Waals surface area (Å²) in [4.78, 5) is 22.7. The number of benzene rings is 1. The molecule has 0 fully saturated rings. The lowest BCUT2D eigenvalue weighted by Gasteiger charge is -2.08. The van der Waals surface area contributed by atoms with Crippen LogP contribution in [0.5, 0.6) is 5.75 Å². The Morgan fingerprint density at radius 1 is 1.21 bits per heavy atom. The van der Waals surface area contributed by atoms with E-state index in [0.29, 0.717) is 12.3 Å². The number of amides is 1. The van der Waals surface area contributed by atoms with E-state index in [-0.39, 0.29) is 24.4 Å². The smallest absolute Gasteiger partial charge is 0.308 e. The van der Waals surface area contributed by atoms with E-state index in [1.165, 1.54) is 0 Å². The average Bonchev–Trinajstić information content (AvgIpc) is 2.38. The van der Waals surface area contributed by atoms with Gasteiger partial charge in [-0.3, -0.25) is 9.59 Å². The highest BCUT2D eigenvalue weighted by Gasteiger charge is 2.11. The second-order valence-electron chi connectivity index (χ2n) is 4.27. The van der Waals surface area contributed by atoms with Gasteiger partial charge in [0.15, 0.2) is 6.61 Å². The van der Waals surface area contributed by atoms with Crippen molar-refractivity contribution in [3.05, 3.63) is 24.3 Å². The molecular weight excluding hydrogens is 246 g/mol. The molecule has 0 saturated carbocycles. The van der Waals surface area contributed by atoms with Crippen molar-refractivity contribution in [3.63, 3.8) is 0 Å². The molecule has 19 heavy (non-hydrogen) atoms. The highest BCUT2D eigenvalue weighted by Crippen LogP contribution is 2.15. The molecule has 1 rings (SSSR count). The molecule has 0 aliphatic heterocycles. The van der Waals surface area contributed by atoms with Crippen molar-refractivity contribution in [1.29, 1.82) is 0 Å². The number of carbonyl (C=O) groups is 2. The molecule has 0 atom stereocenters. The lowest BCUT2D eigenvalue weighted by Crippen LogP contribution is -2.22. The monoisotopic (exact) mass is 265 g/mol. The first-order valence-corrected chi connectivity index (χ1v) is 6.22. The van der Waals surface area contributed by atoms with Gasteiger partial charge in [-0.15, -0.1) is 0 Å². The molecule has 104 valence electrons. The number of carbonyl (C=O) groups excluding carboxylic acids is 2. The van der Waals surface area contributed by atoms with Gasteiger partial charge in [-0.2, -0.15) is 0 Å². The highest BCUT2D eigenvalue weighted by atomic mass is 16.5. The first kappa shape index (κ1) is 15.0. The predicted molar refractivity (Wildman–Crippen MR) is 72.0 cm³/mol. The fraction of sp³-hybridized carbons (Fsp3) is 0.429. The van der Waals surface area contributed by atoms with Gasteiger partial charge in [-0.1, -0.05) is 13.8 Å². The number of hydrogen-bond donors (Lipinski definition) is 1. The molecule has 0 spiro atoms. The summed E-state index contributed by atoms with van der Waals surface area (Å²) in [6.07, 6.45) is 0. The van der Waals surface area contributed by atoms with Crippen LogP contribution in [0.1, 0.15) is 20.8 Å². The van der Waals surface area contributed by atoms with E-state index in [4.69, 9.17) is 9.47 Å². The molecule has 0 unspecified atom stereocenters. The normalized spacial score (nSPS) is 10.1. The SMILES string of the molecule is CCOc1ccc(NC(=O)COC(=O)C(C)C)cc1. The summed E-state index contributed by atoms with van der Waals surface area (Å²) < 4.78 is 10.1. The second-order valence-corrected chi connectivity index (χ2v) is 4.27. The van der Waals surface area contributed by atoms with Crippen LogP contribution in [0, 0.1) is 5.92 Å². The molecule has 0 aliphatic carbocycles. The van der Waals surface area contributed by atoms with Crippen LogP contribution in [-0.4, -0.2) is 25.1 Å². The van der Waals surface area contributed by atoms with Crippen molar-refractivity contribution in [2.24, 2.45) is 5.92 Å². The molecule has 0 radical (unpaired) electrons. The van der Waals surface area contributed by atoms with Crippen LogP contribution >= 0.6 is 0 Å². The molecule has 5 nitrogen and oxygen atoms in total. The first-order chi connectivity index (χ1) is 9.02. The number of nitrogens with one attached hydrogen (secondary N) is 1. The van der Waals surface area contributed by atoms with Crippen molar-refractivity contribution in [1.82, 2.24) is 0 Å². The van der Waals surface area contributed by atoms with Crippen LogP contribution in [0.2, 0.25) is 0 Å². The van der Waals surface area contributed by atoms with Crippen LogP contribution in [-0.2, 0) is 14.3 Å². The third kappa shape index (κ3) is 5.42. The summed E-state index contributed by atoms with van der Waals surface area (Å²) >= 11 is 0. The summed E-state index contributed by atoms with van der Waals surface area (Å²) in [6, 6.07) is 6.98. The zero-order valence-electron chi connectivity index (χ0n) is 11.4. The Morgan fingerprint density at radius 2 is 1.84 bits per heavy atom. The Bertz CT molecular complexity index is 426. The van der Waals surface area contributed by atoms with E-state index in [9.17, 15) is 9.59 Å². The van der Waals surface area contributed by atoms with Crippen molar-refractivity contribution in [3.8, 4) is 5.75 Å². The summed E-state index contributed by atoms with van der Waals surface area (Å²) in [5.41, 5.74) is 0.633. The van der Waals surface area contributed by atoms with Crippen LogP contribution in [0.25, 0.3) is 0 Å². The van der Waals surface area contributed by atoms with Crippen LogP contribution < -0.4 is 10.1 Å². The third-order valence-electron chi connectivity index (χ3n) is 2.27. The van der Waals surface area contributed by atoms with E-state index >= 15 is 0 Å². The summed E-state index contributed by atoms with van der Waals surface area (Å²) in [5.74, 6) is -0.245. The van der Waals surface area contributed by atoms with Crippen molar-refractivity contribution in [2.75, 3.05) is 18.5 Å². The highest BCUT2D eigenvalue weighted by molar-refractivity contribution is 5.92. The molecule has 5 heteroatoms. The minimum atomic E-state index is -0.387. The van der Waals surface area contributed by atoms with E-state index < -0.39 is 0 Å². The van der Waals surface area contributed by atoms with E-state index in [1.54, 1.807) is 38.1 Å². The first-order valence-electron chi connectivity index (χ1n) is 6.22. The summed E-state index contributed by atoms with van der Waals surface area (Å²) in [5, 5.41) is 2.63. The van der Waals surface area contributed by atoms with Gasteiger partial charge in [-0.05, 0) is 31.2 Å². The fourth-order valence-corrected chi connectivity index (χ4v) is 1.30. The molecule has 1 aromatic rings. The Labute approximate surface area is 112 Å². The molecular formula is C14H19NO4. The van der Waals surface area contributed by atoms with Crippen LogP contribution in [0.15, 0.2) is 24.3 Å². The molecule has 0 bridgehead atoms. The molecule has 0 heterocycles. The summed E-state index contributed by atoms with van der Waals surface area (Å²) in [7, 11) is 0. The van der Waals surface area contributed by atoms with Crippen molar-refractivity contribution < 1.29 is 19.1 Å². The largest absolute Gasteiger partial charge is 0.494 e. The van der Waals surface area contributed by atoms with Gasteiger partial charge in [0.05, 0.1) is 12.5 Å². The predicted octanol–water partition coefficient (Wildman–Crippen LogP) is 2.22. The quantitative estimate of drug-likeness (QED) is 0.801. The molecule has 1 N–H and O–H groups in total. The van der Waals surface area contributed by atoms with E-state index in [0.717, 1.165) is 5.75 Å². The number of ether oxygens (including phenoxy) is 2. The Hall–Kier alpha value is -2.04. The lowest BCUT2D eigenvalue weighted by molar-refractivity contribution is -0.150. The van der Waals surface area contributed by atoms with Gasteiger partial charge in [0.1, 0.15) is 5.75 Å². The lowest BCUT2D eigenvalue weighted by atomic mass is 10.2. The molecule has 0 aromatic heterocycles. The van der Waals surface area contributed by atoms with Crippen LogP contribution in [0.3, 0.4) is 0 Å². The number of rotatable bonds is 6. The van der Waals surface area contributed by atoms with Gasteiger partial charge < -0.3 is 14.8 Å². The second kappa shape index (κ2) is 7.41. The van der Waals surface area contributed by atoms with Gasteiger partial charge >= 0.3 is 5.97 Å². The Balaban J connectivity index is 2.42.